The van der Waals surface area contributed by atoms with Crippen molar-refractivity contribution in [2.24, 2.45) is 0 Å². The minimum Gasteiger partial charge on any atom is -0.390 e. The Kier molecular flexibility index (Phi) is 5.97. The van der Waals surface area contributed by atoms with E-state index in [9.17, 15) is 19.5 Å². The Bertz CT molecular complexity index is 1070. The number of nitrogens with one attached hydrogen (secondary N) is 2. The van der Waals surface area contributed by atoms with Gasteiger partial charge in [-0.05, 0) is 29.2 Å². The summed E-state index contributed by atoms with van der Waals surface area (Å²) in [6, 6.07) is 15.2. The summed E-state index contributed by atoms with van der Waals surface area (Å²) in [5, 5.41) is 16.2. The molecule has 2 saturated heterocycles. The van der Waals surface area contributed by atoms with Crippen LogP contribution in [0.3, 0.4) is 0 Å². The second-order valence-electron chi connectivity index (χ2n) is 9.03. The summed E-state index contributed by atoms with van der Waals surface area (Å²) in [6.45, 7) is 2.87. The second-order valence-corrected chi connectivity index (χ2v) is 9.03. The molecule has 0 aromatic heterocycles. The molecule has 3 amide bonds. The third-order valence-corrected chi connectivity index (χ3v) is 6.90. The molecule has 8 heteroatoms. The number of β-amino-alcohol motifs (C(OH)–C–C–N with tert-alkyl or cyclic N) is 1. The van der Waals surface area contributed by atoms with Crippen LogP contribution in [0.15, 0.2) is 48.5 Å². The van der Waals surface area contributed by atoms with Crippen LogP contribution in [0.5, 0.6) is 0 Å². The van der Waals surface area contributed by atoms with E-state index in [4.69, 9.17) is 0 Å². The standard InChI is InChI=1S/C25H28N4O4/c30-22-12-26-11-21(22)28(13-16-5-2-1-3-6-16)14-17-7-4-8-18-19(17)15-29(25(18)33)20-9-10-23(31)27-24(20)32/h1-8,20-22,26,30H,9-15H2,(H,27,31,32)/t20?,21-,22-/m1/s1. The Morgan fingerprint density at radius 1 is 1.00 bits per heavy atom. The van der Waals surface area contributed by atoms with Crippen LogP contribution in [0.25, 0.3) is 0 Å². The van der Waals surface area contributed by atoms with Crippen LogP contribution in [0.2, 0.25) is 0 Å². The lowest BCUT2D eigenvalue weighted by molar-refractivity contribution is -0.136. The van der Waals surface area contributed by atoms with Crippen molar-refractivity contribution < 1.29 is 19.5 Å². The zero-order chi connectivity index (χ0) is 22.9. The fourth-order valence-corrected chi connectivity index (χ4v) is 5.15. The van der Waals surface area contributed by atoms with Crippen LogP contribution >= 0.6 is 0 Å². The normalized spacial score (nSPS) is 25.0. The van der Waals surface area contributed by atoms with Gasteiger partial charge in [0, 0.05) is 50.7 Å². The summed E-state index contributed by atoms with van der Waals surface area (Å²) in [4.78, 5) is 40.9. The van der Waals surface area contributed by atoms with E-state index < -0.39 is 18.1 Å². The second kappa shape index (κ2) is 9.05. The molecule has 8 nitrogen and oxygen atoms in total. The van der Waals surface area contributed by atoms with Crippen LogP contribution in [0.4, 0.5) is 0 Å². The van der Waals surface area contributed by atoms with Crippen LogP contribution in [-0.2, 0) is 29.2 Å². The first-order valence-electron chi connectivity index (χ1n) is 11.4. The number of benzene rings is 2. The molecule has 0 spiro atoms. The molecule has 0 aliphatic carbocycles. The predicted molar refractivity (Wildman–Crippen MR) is 121 cm³/mol. The van der Waals surface area contributed by atoms with Crippen molar-refractivity contribution in [1.29, 1.82) is 0 Å². The lowest BCUT2D eigenvalue weighted by Crippen LogP contribution is -2.52. The highest BCUT2D eigenvalue weighted by Crippen LogP contribution is 2.31. The van der Waals surface area contributed by atoms with E-state index in [0.717, 1.165) is 16.7 Å². The molecule has 3 aliphatic rings. The molecule has 5 rings (SSSR count). The molecule has 0 saturated carbocycles. The summed E-state index contributed by atoms with van der Waals surface area (Å²) in [5.41, 5.74) is 3.71. The lowest BCUT2D eigenvalue weighted by Gasteiger charge is -2.31. The van der Waals surface area contributed by atoms with Crippen molar-refractivity contribution in [3.8, 4) is 0 Å². The van der Waals surface area contributed by atoms with Gasteiger partial charge in [-0.1, -0.05) is 42.5 Å². The maximum Gasteiger partial charge on any atom is 0.255 e. The van der Waals surface area contributed by atoms with E-state index in [2.05, 4.69) is 27.7 Å². The number of aliphatic hydroxyl groups is 1. The summed E-state index contributed by atoms with van der Waals surface area (Å²) in [5.74, 6) is -0.861. The number of fused-ring (bicyclic) bond motifs is 1. The molecule has 3 aliphatic heterocycles. The van der Waals surface area contributed by atoms with Crippen LogP contribution in [0, 0.1) is 0 Å². The molecular formula is C25H28N4O4. The number of rotatable bonds is 6. The molecule has 172 valence electrons. The van der Waals surface area contributed by atoms with Crippen molar-refractivity contribution in [3.63, 3.8) is 0 Å². The smallest absolute Gasteiger partial charge is 0.255 e. The van der Waals surface area contributed by atoms with Gasteiger partial charge < -0.3 is 15.3 Å². The van der Waals surface area contributed by atoms with Gasteiger partial charge in [0.25, 0.3) is 5.91 Å². The maximum absolute atomic E-state index is 13.2. The van der Waals surface area contributed by atoms with Gasteiger partial charge in [-0.2, -0.15) is 0 Å². The highest BCUT2D eigenvalue weighted by Gasteiger charge is 2.40. The zero-order valence-electron chi connectivity index (χ0n) is 18.4. The van der Waals surface area contributed by atoms with Gasteiger partial charge in [0.05, 0.1) is 6.10 Å². The zero-order valence-corrected chi connectivity index (χ0v) is 18.4. The number of amides is 3. The van der Waals surface area contributed by atoms with Crippen molar-refractivity contribution in [2.75, 3.05) is 13.1 Å². The molecule has 3 heterocycles. The molecule has 2 aromatic carbocycles. The average molecular weight is 449 g/mol. The first-order chi connectivity index (χ1) is 16.0. The Balaban J connectivity index is 1.41. The highest BCUT2D eigenvalue weighted by molar-refractivity contribution is 6.05. The number of carbonyl (C=O) groups excluding carboxylic acids is 3. The van der Waals surface area contributed by atoms with E-state index in [1.165, 1.54) is 0 Å². The fourth-order valence-electron chi connectivity index (χ4n) is 5.15. The summed E-state index contributed by atoms with van der Waals surface area (Å²) < 4.78 is 0. The molecular weight excluding hydrogens is 420 g/mol. The minimum absolute atomic E-state index is 0.0376. The Morgan fingerprint density at radius 3 is 2.55 bits per heavy atom. The quantitative estimate of drug-likeness (QED) is 0.565. The number of hydrogen-bond acceptors (Lipinski definition) is 6. The van der Waals surface area contributed by atoms with Crippen molar-refractivity contribution in [1.82, 2.24) is 20.4 Å². The molecule has 0 bridgehead atoms. The molecule has 1 unspecified atom stereocenters. The highest BCUT2D eigenvalue weighted by atomic mass is 16.3. The van der Waals surface area contributed by atoms with E-state index >= 15 is 0 Å². The number of piperidine rings is 1. The van der Waals surface area contributed by atoms with E-state index in [1.807, 2.05) is 30.3 Å². The first-order valence-corrected chi connectivity index (χ1v) is 11.4. The van der Waals surface area contributed by atoms with Gasteiger partial charge in [0.1, 0.15) is 6.04 Å². The Labute approximate surface area is 192 Å². The number of hydrogen-bond donors (Lipinski definition) is 3. The van der Waals surface area contributed by atoms with E-state index in [0.29, 0.717) is 44.7 Å². The average Bonchev–Trinajstić information content (AvgIpc) is 3.38. The van der Waals surface area contributed by atoms with Crippen LogP contribution < -0.4 is 10.6 Å². The van der Waals surface area contributed by atoms with Gasteiger partial charge in [0.15, 0.2) is 0 Å². The van der Waals surface area contributed by atoms with E-state index in [1.54, 1.807) is 11.0 Å². The third-order valence-electron chi connectivity index (χ3n) is 6.90. The molecule has 3 N–H and O–H groups in total. The summed E-state index contributed by atoms with van der Waals surface area (Å²) in [6.07, 6.45) is 0.118. The van der Waals surface area contributed by atoms with Crippen molar-refractivity contribution >= 4 is 17.7 Å². The van der Waals surface area contributed by atoms with Crippen LogP contribution in [0.1, 0.15) is 39.9 Å². The Hall–Kier alpha value is -3.07. The fraction of sp³-hybridized carbons (Fsp3) is 0.400. The van der Waals surface area contributed by atoms with Gasteiger partial charge in [-0.3, -0.25) is 24.6 Å². The van der Waals surface area contributed by atoms with Gasteiger partial charge in [-0.15, -0.1) is 0 Å². The summed E-state index contributed by atoms with van der Waals surface area (Å²) in [7, 11) is 0. The largest absolute Gasteiger partial charge is 0.390 e. The van der Waals surface area contributed by atoms with Gasteiger partial charge >= 0.3 is 0 Å². The number of carbonyl (C=O) groups is 3. The SMILES string of the molecule is O=C1CCC(N2Cc3c(CN(Cc4ccccc4)[C@@H]4CNC[C@H]4O)cccc3C2=O)C(=O)N1. The maximum atomic E-state index is 13.2. The Morgan fingerprint density at radius 2 is 1.82 bits per heavy atom. The number of aliphatic hydroxyl groups excluding tert-OH is 1. The molecule has 2 aromatic rings. The van der Waals surface area contributed by atoms with Gasteiger partial charge in [0.2, 0.25) is 11.8 Å². The molecule has 2 fully saturated rings. The minimum atomic E-state index is -0.628. The molecule has 0 radical (unpaired) electrons. The topological polar surface area (TPSA) is 102 Å². The van der Waals surface area contributed by atoms with E-state index in [-0.39, 0.29) is 24.3 Å². The molecule has 33 heavy (non-hydrogen) atoms. The third kappa shape index (κ3) is 4.29. The predicted octanol–water partition coefficient (Wildman–Crippen LogP) is 0.782. The van der Waals surface area contributed by atoms with Crippen molar-refractivity contribution in [3.05, 3.63) is 70.8 Å². The summed E-state index contributed by atoms with van der Waals surface area (Å²) >= 11 is 0. The monoisotopic (exact) mass is 448 g/mol. The number of imide groups is 1. The lowest BCUT2D eigenvalue weighted by atomic mass is 10.0. The molecule has 3 atom stereocenters. The van der Waals surface area contributed by atoms with Crippen molar-refractivity contribution in [2.45, 2.75) is 50.7 Å². The van der Waals surface area contributed by atoms with Crippen LogP contribution in [-0.4, -0.2) is 63.9 Å². The number of nitrogens with zero attached hydrogens (tertiary/aromatic N) is 2. The van der Waals surface area contributed by atoms with Gasteiger partial charge in [-0.25, -0.2) is 0 Å². The first kappa shape index (κ1) is 21.8.